The number of nitrogen functional groups attached to an aromatic ring is 1. The minimum atomic E-state index is -3.72. The SMILES string of the molecule is CC(C1CC1)N1Cc2cc(-c3cnc4c(N)nc(C(=O)NC5CCOCC5)cn34)cc(S(C)(=O)=O)c2C1=O. The van der Waals surface area contributed by atoms with E-state index in [1.807, 2.05) is 13.0 Å². The lowest BCUT2D eigenvalue weighted by Crippen LogP contribution is -2.39. The van der Waals surface area contributed by atoms with Gasteiger partial charge in [0, 0.05) is 49.9 Å². The lowest BCUT2D eigenvalue weighted by Gasteiger charge is -2.24. The largest absolute Gasteiger partial charge is 0.381 e. The lowest BCUT2D eigenvalue weighted by atomic mass is 10.0. The summed E-state index contributed by atoms with van der Waals surface area (Å²) in [6.45, 7) is 3.55. The van der Waals surface area contributed by atoms with Crippen molar-refractivity contribution in [3.05, 3.63) is 41.3 Å². The lowest BCUT2D eigenvalue weighted by molar-refractivity contribution is 0.0687. The van der Waals surface area contributed by atoms with Gasteiger partial charge in [-0.1, -0.05) is 0 Å². The van der Waals surface area contributed by atoms with Crippen LogP contribution in [0.5, 0.6) is 0 Å². The minimum absolute atomic E-state index is 0.00467. The van der Waals surface area contributed by atoms with E-state index in [0.717, 1.165) is 31.9 Å². The van der Waals surface area contributed by atoms with E-state index in [-0.39, 0.29) is 45.9 Å². The van der Waals surface area contributed by atoms with Crippen molar-refractivity contribution in [2.24, 2.45) is 5.92 Å². The second kappa shape index (κ2) is 9.05. The number of nitrogens with zero attached hydrogens (tertiary/aromatic N) is 4. The number of ether oxygens (including phenoxy) is 1. The Morgan fingerprint density at radius 2 is 1.95 bits per heavy atom. The maximum atomic E-state index is 13.3. The van der Waals surface area contributed by atoms with E-state index < -0.39 is 9.84 Å². The fourth-order valence-corrected chi connectivity index (χ4v) is 6.41. The molecule has 0 spiro atoms. The molecule has 11 nitrogen and oxygen atoms in total. The highest BCUT2D eigenvalue weighted by Gasteiger charge is 2.41. The summed E-state index contributed by atoms with van der Waals surface area (Å²) in [4.78, 5) is 36.7. The van der Waals surface area contributed by atoms with Gasteiger partial charge in [-0.15, -0.1) is 0 Å². The minimum Gasteiger partial charge on any atom is -0.381 e. The zero-order chi connectivity index (χ0) is 26.8. The van der Waals surface area contributed by atoms with Crippen LogP contribution in [0.3, 0.4) is 0 Å². The Hall–Kier alpha value is -3.51. The normalized spacial score (nSPS) is 19.1. The Morgan fingerprint density at radius 1 is 1.21 bits per heavy atom. The second-order valence-electron chi connectivity index (χ2n) is 10.5. The van der Waals surface area contributed by atoms with Crippen LogP contribution < -0.4 is 11.1 Å². The molecule has 0 radical (unpaired) electrons. The number of nitrogens with two attached hydrogens (primary N) is 1. The Morgan fingerprint density at radius 3 is 2.63 bits per heavy atom. The molecule has 2 amide bonds. The zero-order valence-corrected chi connectivity index (χ0v) is 22.1. The fourth-order valence-electron chi connectivity index (χ4n) is 5.48. The van der Waals surface area contributed by atoms with Gasteiger partial charge in [-0.05, 0) is 56.2 Å². The van der Waals surface area contributed by atoms with Gasteiger partial charge in [0.2, 0.25) is 0 Å². The van der Waals surface area contributed by atoms with Crippen molar-refractivity contribution in [2.75, 3.05) is 25.2 Å². The number of fused-ring (bicyclic) bond motifs is 2. The average Bonchev–Trinajstić information content (AvgIpc) is 3.56. The smallest absolute Gasteiger partial charge is 0.271 e. The summed E-state index contributed by atoms with van der Waals surface area (Å²) in [5.74, 6) is -0.0642. The van der Waals surface area contributed by atoms with Crippen LogP contribution in [-0.4, -0.2) is 71.1 Å². The van der Waals surface area contributed by atoms with Crippen LogP contribution in [0.15, 0.2) is 29.4 Å². The van der Waals surface area contributed by atoms with Gasteiger partial charge in [-0.3, -0.25) is 14.0 Å². The number of anilines is 1. The van der Waals surface area contributed by atoms with Crippen molar-refractivity contribution >= 4 is 33.1 Å². The summed E-state index contributed by atoms with van der Waals surface area (Å²) in [5.41, 5.74) is 8.67. The molecule has 3 aliphatic rings. The van der Waals surface area contributed by atoms with E-state index in [1.54, 1.807) is 21.7 Å². The Labute approximate surface area is 220 Å². The first-order valence-electron chi connectivity index (χ1n) is 12.8. The van der Waals surface area contributed by atoms with Crippen molar-refractivity contribution in [1.29, 1.82) is 0 Å². The van der Waals surface area contributed by atoms with Crippen molar-refractivity contribution in [3.8, 4) is 11.3 Å². The monoisotopic (exact) mass is 538 g/mol. The van der Waals surface area contributed by atoms with Crippen molar-refractivity contribution in [2.45, 2.75) is 56.1 Å². The van der Waals surface area contributed by atoms with Crippen LogP contribution >= 0.6 is 0 Å². The molecule has 1 atom stereocenters. The van der Waals surface area contributed by atoms with E-state index in [4.69, 9.17) is 10.5 Å². The standard InChI is InChI=1S/C26H30N6O5S/c1-14(15-3-4-15)31-12-17-9-16(10-21(38(2,35)36)22(17)26(31)34)20-11-28-24-23(27)30-19(13-32(20)24)25(33)29-18-5-7-37-8-6-18/h9-11,13-15,18H,3-8,12H2,1-2H3,(H2,27,30)(H,29,33). The number of hydrogen-bond donors (Lipinski definition) is 2. The number of rotatable bonds is 6. The van der Waals surface area contributed by atoms with E-state index in [2.05, 4.69) is 15.3 Å². The molecule has 1 saturated carbocycles. The number of imidazole rings is 1. The molecule has 0 bridgehead atoms. The molecule has 4 heterocycles. The summed E-state index contributed by atoms with van der Waals surface area (Å²) >= 11 is 0. The van der Waals surface area contributed by atoms with Gasteiger partial charge in [0.1, 0.15) is 5.69 Å². The van der Waals surface area contributed by atoms with Gasteiger partial charge in [0.05, 0.1) is 22.3 Å². The van der Waals surface area contributed by atoms with Gasteiger partial charge in [-0.25, -0.2) is 18.4 Å². The molecule has 3 N–H and O–H groups in total. The molecule has 38 heavy (non-hydrogen) atoms. The Balaban J connectivity index is 1.42. The summed E-state index contributed by atoms with van der Waals surface area (Å²) in [7, 11) is -3.72. The summed E-state index contributed by atoms with van der Waals surface area (Å²) in [5, 5.41) is 2.98. The average molecular weight is 539 g/mol. The highest BCUT2D eigenvalue weighted by Crippen LogP contribution is 2.41. The number of nitrogens with one attached hydrogen (secondary N) is 1. The van der Waals surface area contributed by atoms with Gasteiger partial charge in [0.15, 0.2) is 21.3 Å². The molecule has 3 aromatic rings. The predicted octanol–water partition coefficient (Wildman–Crippen LogP) is 2.05. The van der Waals surface area contributed by atoms with Crippen LogP contribution in [0.25, 0.3) is 16.9 Å². The first-order chi connectivity index (χ1) is 18.1. The van der Waals surface area contributed by atoms with Crippen molar-refractivity contribution < 1.29 is 22.7 Å². The molecular weight excluding hydrogens is 508 g/mol. The van der Waals surface area contributed by atoms with Crippen LogP contribution in [0, 0.1) is 5.92 Å². The van der Waals surface area contributed by atoms with Crippen LogP contribution in [0.2, 0.25) is 0 Å². The van der Waals surface area contributed by atoms with Crippen LogP contribution in [0.4, 0.5) is 5.82 Å². The van der Waals surface area contributed by atoms with Gasteiger partial charge < -0.3 is 20.7 Å². The molecule has 200 valence electrons. The number of hydrogen-bond acceptors (Lipinski definition) is 8. The number of aromatic nitrogens is 3. The number of carbonyl (C=O) groups excluding carboxylic acids is 2. The topological polar surface area (TPSA) is 149 Å². The maximum absolute atomic E-state index is 13.3. The van der Waals surface area contributed by atoms with E-state index >= 15 is 0 Å². The van der Waals surface area contributed by atoms with E-state index in [1.165, 1.54) is 6.07 Å². The van der Waals surface area contributed by atoms with Gasteiger partial charge in [0.25, 0.3) is 11.8 Å². The van der Waals surface area contributed by atoms with E-state index in [0.29, 0.717) is 48.1 Å². The third-order valence-electron chi connectivity index (χ3n) is 7.80. The highest BCUT2D eigenvalue weighted by atomic mass is 32.2. The molecule has 1 aromatic carbocycles. The molecule has 2 fully saturated rings. The van der Waals surface area contributed by atoms with Gasteiger partial charge in [-0.2, -0.15) is 0 Å². The first kappa shape index (κ1) is 24.8. The van der Waals surface area contributed by atoms with Crippen LogP contribution in [-0.2, 0) is 21.1 Å². The molecule has 1 saturated heterocycles. The Bertz CT molecular complexity index is 1570. The fraction of sp³-hybridized carbons (Fsp3) is 0.462. The Kier molecular flexibility index (Phi) is 5.91. The quantitative estimate of drug-likeness (QED) is 0.484. The zero-order valence-electron chi connectivity index (χ0n) is 21.3. The molecule has 6 rings (SSSR count). The van der Waals surface area contributed by atoms with Crippen molar-refractivity contribution in [1.82, 2.24) is 24.6 Å². The molecule has 2 aliphatic heterocycles. The van der Waals surface area contributed by atoms with Crippen LogP contribution in [0.1, 0.15) is 59.0 Å². The molecule has 1 unspecified atom stereocenters. The highest BCUT2D eigenvalue weighted by molar-refractivity contribution is 7.90. The first-order valence-corrected chi connectivity index (χ1v) is 14.7. The molecule has 12 heteroatoms. The number of sulfone groups is 1. The molecule has 2 aromatic heterocycles. The predicted molar refractivity (Wildman–Crippen MR) is 139 cm³/mol. The summed E-state index contributed by atoms with van der Waals surface area (Å²) in [6.07, 6.45) is 7.84. The third kappa shape index (κ3) is 4.31. The number of amides is 2. The third-order valence-corrected chi connectivity index (χ3v) is 8.92. The summed E-state index contributed by atoms with van der Waals surface area (Å²) in [6, 6.07) is 3.39. The van der Waals surface area contributed by atoms with Crippen molar-refractivity contribution in [3.63, 3.8) is 0 Å². The van der Waals surface area contributed by atoms with Gasteiger partial charge >= 0.3 is 0 Å². The number of carbonyl (C=O) groups is 2. The number of benzene rings is 1. The maximum Gasteiger partial charge on any atom is 0.271 e. The summed E-state index contributed by atoms with van der Waals surface area (Å²) < 4.78 is 32.7. The second-order valence-corrected chi connectivity index (χ2v) is 12.5. The molecular formula is C26H30N6O5S. The van der Waals surface area contributed by atoms with E-state index in [9.17, 15) is 18.0 Å². The molecule has 1 aliphatic carbocycles.